The highest BCUT2D eigenvalue weighted by Gasteiger charge is 2.15. The van der Waals surface area contributed by atoms with Gasteiger partial charge in [0.2, 0.25) is 5.88 Å². The van der Waals surface area contributed by atoms with E-state index in [0.29, 0.717) is 24.5 Å². The first-order valence-electron chi connectivity index (χ1n) is 9.32. The Morgan fingerprint density at radius 1 is 1.10 bits per heavy atom. The molecule has 1 aliphatic rings. The van der Waals surface area contributed by atoms with Crippen molar-refractivity contribution in [3.63, 3.8) is 0 Å². The Hall–Kier alpha value is -3.52. The molecule has 0 saturated carbocycles. The molecule has 1 amide bonds. The molecule has 1 aromatic carbocycles. The smallest absolute Gasteiger partial charge is 0.261 e. The number of ether oxygens (including phenoxy) is 2. The number of anilines is 2. The number of carbonyl (C=O) groups excluding carboxylic acids is 1. The molecular weight excluding hydrogens is 370 g/mol. The van der Waals surface area contributed by atoms with Gasteiger partial charge < -0.3 is 19.7 Å². The second kappa shape index (κ2) is 8.66. The topological polar surface area (TPSA) is 89.5 Å². The van der Waals surface area contributed by atoms with E-state index < -0.39 is 0 Å². The van der Waals surface area contributed by atoms with Crippen molar-refractivity contribution in [3.05, 3.63) is 60.3 Å². The average molecular weight is 391 g/mol. The third-order valence-electron chi connectivity index (χ3n) is 4.61. The summed E-state index contributed by atoms with van der Waals surface area (Å²) in [5.41, 5.74) is 2.62. The van der Waals surface area contributed by atoms with E-state index in [9.17, 15) is 4.79 Å². The van der Waals surface area contributed by atoms with E-state index in [0.717, 1.165) is 30.2 Å². The quantitative estimate of drug-likeness (QED) is 0.715. The number of hydrogen-bond donors (Lipinski definition) is 1. The van der Waals surface area contributed by atoms with Gasteiger partial charge in [0.05, 0.1) is 26.0 Å². The van der Waals surface area contributed by atoms with Crippen LogP contribution in [-0.4, -0.2) is 54.5 Å². The van der Waals surface area contributed by atoms with E-state index in [2.05, 4.69) is 25.4 Å². The van der Waals surface area contributed by atoms with Crippen LogP contribution in [0.1, 0.15) is 10.4 Å². The number of hydrogen-bond acceptors (Lipinski definition) is 7. The van der Waals surface area contributed by atoms with Crippen molar-refractivity contribution in [3.8, 4) is 17.1 Å². The van der Waals surface area contributed by atoms with Gasteiger partial charge in [-0.25, -0.2) is 4.98 Å². The first-order chi connectivity index (χ1) is 14.2. The van der Waals surface area contributed by atoms with E-state index in [-0.39, 0.29) is 11.8 Å². The fourth-order valence-electron chi connectivity index (χ4n) is 3.12. The summed E-state index contributed by atoms with van der Waals surface area (Å²) < 4.78 is 10.5. The van der Waals surface area contributed by atoms with Crippen molar-refractivity contribution >= 4 is 17.4 Å². The molecule has 29 heavy (non-hydrogen) atoms. The zero-order valence-corrected chi connectivity index (χ0v) is 16.0. The highest BCUT2D eigenvalue weighted by Crippen LogP contribution is 2.23. The third kappa shape index (κ3) is 4.33. The normalized spacial score (nSPS) is 13.8. The number of morpholine rings is 1. The molecule has 3 heterocycles. The maximum atomic E-state index is 12.6. The Labute approximate surface area is 168 Å². The average Bonchev–Trinajstić information content (AvgIpc) is 2.80. The molecule has 0 aliphatic carbocycles. The Morgan fingerprint density at radius 2 is 1.97 bits per heavy atom. The summed E-state index contributed by atoms with van der Waals surface area (Å²) in [5, 5.41) is 11.6. The number of nitrogens with zero attached hydrogens (tertiary/aromatic N) is 4. The fraction of sp³-hybridized carbons (Fsp3) is 0.238. The second-order valence-electron chi connectivity index (χ2n) is 6.47. The molecule has 1 saturated heterocycles. The molecule has 0 unspecified atom stereocenters. The zero-order chi connectivity index (χ0) is 20.1. The van der Waals surface area contributed by atoms with Gasteiger partial charge in [-0.05, 0) is 36.4 Å². The maximum Gasteiger partial charge on any atom is 0.261 e. The number of methoxy groups -OCH3 is 1. The molecule has 1 N–H and O–H groups in total. The number of nitrogens with one attached hydrogen (secondary N) is 1. The van der Waals surface area contributed by atoms with Crippen LogP contribution in [0.4, 0.5) is 11.5 Å². The standard InChI is InChI=1S/C21H21N5O3/c1-28-21-17(6-3-9-22-21)20(27)23-16-5-2-4-15(14-16)18-7-8-19(25-24-18)26-10-12-29-13-11-26/h2-9,14H,10-13H2,1H3,(H,23,27). The third-order valence-corrected chi connectivity index (χ3v) is 4.61. The van der Waals surface area contributed by atoms with Gasteiger partial charge in [0.25, 0.3) is 5.91 Å². The summed E-state index contributed by atoms with van der Waals surface area (Å²) in [7, 11) is 1.49. The van der Waals surface area contributed by atoms with Crippen molar-refractivity contribution in [1.29, 1.82) is 0 Å². The number of benzene rings is 1. The van der Waals surface area contributed by atoms with E-state index >= 15 is 0 Å². The van der Waals surface area contributed by atoms with Crippen LogP contribution in [0.5, 0.6) is 5.88 Å². The van der Waals surface area contributed by atoms with Crippen LogP contribution >= 0.6 is 0 Å². The van der Waals surface area contributed by atoms with Crippen molar-refractivity contribution in [2.45, 2.75) is 0 Å². The fourth-order valence-corrected chi connectivity index (χ4v) is 3.12. The number of amides is 1. The zero-order valence-electron chi connectivity index (χ0n) is 16.0. The van der Waals surface area contributed by atoms with E-state index in [1.807, 2.05) is 36.4 Å². The Bertz CT molecular complexity index is 988. The second-order valence-corrected chi connectivity index (χ2v) is 6.47. The van der Waals surface area contributed by atoms with E-state index in [4.69, 9.17) is 9.47 Å². The van der Waals surface area contributed by atoms with Gasteiger partial charge in [0.1, 0.15) is 5.56 Å². The van der Waals surface area contributed by atoms with Crippen LogP contribution in [-0.2, 0) is 4.74 Å². The van der Waals surface area contributed by atoms with Crippen molar-refractivity contribution in [1.82, 2.24) is 15.2 Å². The first kappa shape index (κ1) is 18.8. The first-order valence-corrected chi connectivity index (χ1v) is 9.32. The molecule has 8 nitrogen and oxygen atoms in total. The van der Waals surface area contributed by atoms with Gasteiger partial charge in [-0.3, -0.25) is 4.79 Å². The minimum atomic E-state index is -0.291. The highest BCUT2D eigenvalue weighted by atomic mass is 16.5. The molecule has 0 radical (unpaired) electrons. The number of rotatable bonds is 5. The summed E-state index contributed by atoms with van der Waals surface area (Å²) in [6.45, 7) is 3.03. The van der Waals surface area contributed by atoms with Gasteiger partial charge >= 0.3 is 0 Å². The van der Waals surface area contributed by atoms with Crippen LogP contribution < -0.4 is 15.0 Å². The van der Waals surface area contributed by atoms with E-state index in [1.165, 1.54) is 7.11 Å². The summed E-state index contributed by atoms with van der Waals surface area (Å²) in [6.07, 6.45) is 1.58. The predicted octanol–water partition coefficient (Wildman–Crippen LogP) is 2.64. The monoisotopic (exact) mass is 391 g/mol. The van der Waals surface area contributed by atoms with Crippen LogP contribution in [0, 0.1) is 0 Å². The lowest BCUT2D eigenvalue weighted by Crippen LogP contribution is -2.36. The SMILES string of the molecule is COc1ncccc1C(=O)Nc1cccc(-c2ccc(N3CCOCC3)nn2)c1. The Balaban J connectivity index is 1.50. The van der Waals surface area contributed by atoms with Crippen LogP contribution in [0.15, 0.2) is 54.7 Å². The minimum Gasteiger partial charge on any atom is -0.480 e. The molecule has 2 aromatic heterocycles. The van der Waals surface area contributed by atoms with Gasteiger partial charge in [-0.2, -0.15) is 0 Å². The van der Waals surface area contributed by atoms with Crippen LogP contribution in [0.2, 0.25) is 0 Å². The Kier molecular flexibility index (Phi) is 5.62. The van der Waals surface area contributed by atoms with Gasteiger partial charge in [-0.1, -0.05) is 12.1 Å². The lowest BCUT2D eigenvalue weighted by molar-refractivity contribution is 0.102. The molecule has 0 atom stereocenters. The summed E-state index contributed by atoms with van der Waals surface area (Å²) in [4.78, 5) is 18.8. The van der Waals surface area contributed by atoms with Gasteiger partial charge in [0, 0.05) is 30.5 Å². The summed E-state index contributed by atoms with van der Waals surface area (Å²) in [5.74, 6) is 0.830. The molecule has 3 aromatic rings. The molecule has 8 heteroatoms. The predicted molar refractivity (Wildman–Crippen MR) is 109 cm³/mol. The van der Waals surface area contributed by atoms with Gasteiger partial charge in [-0.15, -0.1) is 10.2 Å². The number of carbonyl (C=O) groups is 1. The summed E-state index contributed by atoms with van der Waals surface area (Å²) >= 11 is 0. The molecule has 0 bridgehead atoms. The van der Waals surface area contributed by atoms with Crippen molar-refractivity contribution in [2.75, 3.05) is 43.6 Å². The molecule has 1 aliphatic heterocycles. The van der Waals surface area contributed by atoms with Crippen LogP contribution in [0.25, 0.3) is 11.3 Å². The largest absolute Gasteiger partial charge is 0.480 e. The lowest BCUT2D eigenvalue weighted by Gasteiger charge is -2.27. The molecule has 148 valence electrons. The minimum absolute atomic E-state index is 0.283. The lowest BCUT2D eigenvalue weighted by atomic mass is 10.1. The molecule has 0 spiro atoms. The number of pyridine rings is 1. The molecule has 4 rings (SSSR count). The van der Waals surface area contributed by atoms with Crippen LogP contribution in [0.3, 0.4) is 0 Å². The van der Waals surface area contributed by atoms with Crippen molar-refractivity contribution in [2.24, 2.45) is 0 Å². The molecular formula is C21H21N5O3. The van der Waals surface area contributed by atoms with E-state index in [1.54, 1.807) is 18.3 Å². The summed E-state index contributed by atoms with van der Waals surface area (Å²) in [6, 6.07) is 14.7. The Morgan fingerprint density at radius 3 is 2.72 bits per heavy atom. The van der Waals surface area contributed by atoms with Crippen molar-refractivity contribution < 1.29 is 14.3 Å². The molecule has 1 fully saturated rings. The highest BCUT2D eigenvalue weighted by molar-refractivity contribution is 6.06. The van der Waals surface area contributed by atoms with Gasteiger partial charge in [0.15, 0.2) is 5.82 Å². The maximum absolute atomic E-state index is 12.6. The number of aromatic nitrogens is 3.